The average Bonchev–Trinajstić information content (AvgIpc) is 3.12. The van der Waals surface area contributed by atoms with E-state index in [9.17, 15) is 9.59 Å². The van der Waals surface area contributed by atoms with Gasteiger partial charge in [-0.1, -0.05) is 41.4 Å². The molecule has 256 valence electrons. The van der Waals surface area contributed by atoms with Crippen molar-refractivity contribution in [2.75, 3.05) is 44.5 Å². The number of nitrogen functional groups attached to an aromatic ring is 1. The maximum absolute atomic E-state index is 13.8. The molecule has 2 bridgehead atoms. The van der Waals surface area contributed by atoms with Gasteiger partial charge in [0.2, 0.25) is 0 Å². The molecule has 1 amide bonds. The molecule has 12 heteroatoms. The minimum absolute atomic E-state index is 0.159. The zero-order chi connectivity index (χ0) is 34.5. The highest BCUT2D eigenvalue weighted by Gasteiger charge is 2.37. The van der Waals surface area contributed by atoms with Crippen molar-refractivity contribution in [3.05, 3.63) is 111 Å². The molecule has 3 aliphatic heterocycles. The molecule has 3 aliphatic rings. The Morgan fingerprint density at radius 3 is 2.33 bits per heavy atom. The van der Waals surface area contributed by atoms with Crippen molar-refractivity contribution >= 4 is 46.6 Å². The Morgan fingerprint density at radius 1 is 0.959 bits per heavy atom. The van der Waals surface area contributed by atoms with Crippen LogP contribution in [-0.2, 0) is 22.4 Å². The number of carbonyl (C=O) groups excluding carboxylic acids is 2. The first kappa shape index (κ1) is 34.4. The molecule has 4 heterocycles. The molecule has 3 saturated heterocycles. The van der Waals surface area contributed by atoms with Crippen molar-refractivity contribution in [2.24, 2.45) is 5.92 Å². The van der Waals surface area contributed by atoms with E-state index in [2.05, 4.69) is 9.88 Å². The molecule has 1 aromatic heterocycles. The Kier molecular flexibility index (Phi) is 10.8. The maximum atomic E-state index is 13.8. The van der Waals surface area contributed by atoms with Gasteiger partial charge in [-0.05, 0) is 97.1 Å². The number of ether oxygens (including phenoxy) is 4. The lowest BCUT2D eigenvalue weighted by Gasteiger charge is -2.44. The maximum Gasteiger partial charge on any atom is 0.414 e. The minimum atomic E-state index is -0.795. The Hall–Kier alpha value is -4.51. The fraction of sp³-hybridized carbons (Fsp3) is 0.324. The van der Waals surface area contributed by atoms with Gasteiger partial charge in [0.05, 0.1) is 36.4 Å². The van der Waals surface area contributed by atoms with Gasteiger partial charge in [0.15, 0.2) is 11.5 Å². The topological polar surface area (TPSA) is 116 Å². The summed E-state index contributed by atoms with van der Waals surface area (Å²) >= 11 is 12.9. The molecule has 0 spiro atoms. The van der Waals surface area contributed by atoms with E-state index in [0.717, 1.165) is 32.5 Å². The Bertz CT molecular complexity index is 1780. The summed E-state index contributed by atoms with van der Waals surface area (Å²) in [5.74, 6) is 0.789. The molecule has 4 aromatic rings. The SMILES string of the molecule is COc1ccc([C@H](Cc2c(Cl)cncc2Cl)OC(=O)c2cccc(CN(C(=O)O[C@H]3CN4CCC3CC4)c3ccc(N)cc3)c2)cc1OC. The Balaban J connectivity index is 1.25. The lowest BCUT2D eigenvalue weighted by atomic mass is 9.86. The number of esters is 1. The summed E-state index contributed by atoms with van der Waals surface area (Å²) in [6.07, 6.45) is 3.80. The summed E-state index contributed by atoms with van der Waals surface area (Å²) < 4.78 is 23.2. The van der Waals surface area contributed by atoms with Gasteiger partial charge >= 0.3 is 12.1 Å². The van der Waals surface area contributed by atoms with Crippen LogP contribution in [0.15, 0.2) is 79.1 Å². The van der Waals surface area contributed by atoms with Gasteiger partial charge in [0.1, 0.15) is 12.2 Å². The lowest BCUT2D eigenvalue weighted by Crippen LogP contribution is -2.53. The third-order valence-corrected chi connectivity index (χ3v) is 9.80. The number of fused-ring (bicyclic) bond motifs is 3. The number of hydrogen-bond acceptors (Lipinski definition) is 9. The van der Waals surface area contributed by atoms with Crippen LogP contribution in [0, 0.1) is 5.92 Å². The van der Waals surface area contributed by atoms with E-state index in [4.69, 9.17) is 47.9 Å². The number of amides is 1. The molecule has 3 fully saturated rings. The Labute approximate surface area is 295 Å². The van der Waals surface area contributed by atoms with Gasteiger partial charge in [-0.2, -0.15) is 0 Å². The van der Waals surface area contributed by atoms with Crippen LogP contribution in [0.5, 0.6) is 11.5 Å². The van der Waals surface area contributed by atoms with E-state index < -0.39 is 18.2 Å². The molecule has 0 saturated carbocycles. The molecule has 2 atom stereocenters. The second-order valence-corrected chi connectivity index (χ2v) is 13.0. The van der Waals surface area contributed by atoms with E-state index >= 15 is 0 Å². The monoisotopic (exact) mass is 704 g/mol. The summed E-state index contributed by atoms with van der Waals surface area (Å²) in [6.45, 7) is 2.98. The fourth-order valence-corrected chi connectivity index (χ4v) is 6.95. The molecule has 7 rings (SSSR count). The van der Waals surface area contributed by atoms with E-state index in [1.807, 2.05) is 6.07 Å². The molecular formula is C37H38Cl2N4O6. The van der Waals surface area contributed by atoms with Crippen molar-refractivity contribution in [1.29, 1.82) is 0 Å². The Morgan fingerprint density at radius 2 is 1.67 bits per heavy atom. The number of anilines is 2. The zero-order valence-electron chi connectivity index (χ0n) is 27.3. The van der Waals surface area contributed by atoms with Crippen LogP contribution in [0.25, 0.3) is 0 Å². The van der Waals surface area contributed by atoms with Gasteiger partial charge in [-0.15, -0.1) is 0 Å². The number of pyridine rings is 1. The summed E-state index contributed by atoms with van der Waals surface area (Å²) in [5.41, 5.74) is 9.41. The van der Waals surface area contributed by atoms with Crippen LogP contribution in [-0.4, -0.2) is 61.9 Å². The number of methoxy groups -OCH3 is 2. The van der Waals surface area contributed by atoms with E-state index in [1.54, 1.807) is 72.7 Å². The first-order valence-corrected chi connectivity index (χ1v) is 16.8. The van der Waals surface area contributed by atoms with Gasteiger partial charge < -0.3 is 24.7 Å². The van der Waals surface area contributed by atoms with Crippen molar-refractivity contribution < 1.29 is 28.5 Å². The number of aromatic nitrogens is 1. The van der Waals surface area contributed by atoms with Gasteiger partial charge in [0, 0.05) is 36.7 Å². The standard InChI is InChI=1S/C37H38Cl2N4O6/c1-46-32-11-6-25(17-34(32)47-2)33(18-29-30(38)19-41-20-31(29)39)48-36(44)26-5-3-4-23(16-26)21-43(28-9-7-27(40)8-10-28)37(45)49-35-22-42-14-12-24(35)13-15-42/h3-11,16-17,19-20,24,33,35H,12-15,18,21-22,40H2,1-2H3/t33-,35-/m0/s1. The first-order valence-electron chi connectivity index (χ1n) is 16.1. The van der Waals surface area contributed by atoms with E-state index in [0.29, 0.717) is 61.1 Å². The fourth-order valence-electron chi connectivity index (χ4n) is 6.43. The molecule has 10 nitrogen and oxygen atoms in total. The second kappa shape index (κ2) is 15.4. The van der Waals surface area contributed by atoms with Crippen molar-refractivity contribution in [3.63, 3.8) is 0 Å². The zero-order valence-corrected chi connectivity index (χ0v) is 28.8. The molecular weight excluding hydrogens is 667 g/mol. The van der Waals surface area contributed by atoms with Gasteiger partial charge in [-0.3, -0.25) is 14.8 Å². The lowest BCUT2D eigenvalue weighted by molar-refractivity contribution is -0.0311. The number of rotatable bonds is 11. The average molecular weight is 706 g/mol. The number of nitrogens with two attached hydrogens (primary N) is 1. The van der Waals surface area contributed by atoms with E-state index in [1.165, 1.54) is 19.5 Å². The number of piperidine rings is 3. The highest BCUT2D eigenvalue weighted by atomic mass is 35.5. The molecule has 0 unspecified atom stereocenters. The normalized spacial score (nSPS) is 18.7. The minimum Gasteiger partial charge on any atom is -0.493 e. The van der Waals surface area contributed by atoms with Crippen LogP contribution < -0.4 is 20.1 Å². The van der Waals surface area contributed by atoms with Crippen molar-refractivity contribution in [1.82, 2.24) is 9.88 Å². The van der Waals surface area contributed by atoms with Crippen molar-refractivity contribution in [3.8, 4) is 11.5 Å². The van der Waals surface area contributed by atoms with Crippen molar-refractivity contribution in [2.45, 2.75) is 38.0 Å². The third-order valence-electron chi connectivity index (χ3n) is 9.15. The molecule has 0 aliphatic carbocycles. The van der Waals surface area contributed by atoms with E-state index in [-0.39, 0.29) is 19.1 Å². The first-order chi connectivity index (χ1) is 23.7. The van der Waals surface area contributed by atoms with Gasteiger partial charge in [0.25, 0.3) is 0 Å². The predicted octanol–water partition coefficient (Wildman–Crippen LogP) is 7.37. The quantitative estimate of drug-likeness (QED) is 0.126. The summed E-state index contributed by atoms with van der Waals surface area (Å²) in [6, 6.07) is 19.3. The molecule has 0 radical (unpaired) electrons. The summed E-state index contributed by atoms with van der Waals surface area (Å²) in [5, 5.41) is 0.702. The molecule has 2 N–H and O–H groups in total. The van der Waals surface area contributed by atoms with Crippen LogP contribution >= 0.6 is 23.2 Å². The highest BCUT2D eigenvalue weighted by Crippen LogP contribution is 2.36. The number of nitrogens with zero attached hydrogens (tertiary/aromatic N) is 3. The summed E-state index contributed by atoms with van der Waals surface area (Å²) in [4.78, 5) is 35.5. The van der Waals surface area contributed by atoms with Crippen LogP contribution in [0.3, 0.4) is 0 Å². The molecule has 49 heavy (non-hydrogen) atoms. The largest absolute Gasteiger partial charge is 0.493 e. The predicted molar refractivity (Wildman–Crippen MR) is 189 cm³/mol. The van der Waals surface area contributed by atoms with Gasteiger partial charge in [-0.25, -0.2) is 9.59 Å². The van der Waals surface area contributed by atoms with Crippen LogP contribution in [0.2, 0.25) is 10.0 Å². The number of halogens is 2. The van der Waals surface area contributed by atoms with Crippen LogP contribution in [0.1, 0.15) is 46.0 Å². The number of benzene rings is 3. The highest BCUT2D eigenvalue weighted by molar-refractivity contribution is 6.35. The third kappa shape index (κ3) is 8.04. The number of hydrogen-bond donors (Lipinski definition) is 1. The summed E-state index contributed by atoms with van der Waals surface area (Å²) in [7, 11) is 3.08. The molecule has 3 aromatic carbocycles. The number of carbonyl (C=O) groups is 2. The van der Waals surface area contributed by atoms with Crippen LogP contribution in [0.4, 0.5) is 16.2 Å². The second-order valence-electron chi connectivity index (χ2n) is 12.2. The smallest absolute Gasteiger partial charge is 0.414 e.